The number of nitrogens with zero attached hydrogens (tertiary/aromatic N) is 1. The molecule has 0 aliphatic heterocycles. The molecule has 78 valence electrons. The number of hydrogen-bond donors (Lipinski definition) is 0. The summed E-state index contributed by atoms with van der Waals surface area (Å²) in [5.41, 5.74) is 1.23. The summed E-state index contributed by atoms with van der Waals surface area (Å²) < 4.78 is 4.07. The van der Waals surface area contributed by atoms with Gasteiger partial charge in [-0.3, -0.25) is 0 Å². The zero-order chi connectivity index (χ0) is 11.0. The standard InChI is InChI=1S/C13H8BrNSe/c14-12-10-5-1-2-6-11(10)16-13(12)9-4-3-7-15-8-9/h1-8H. The fourth-order valence-electron chi connectivity index (χ4n) is 1.70. The fraction of sp³-hybridized carbons (Fsp3) is 0. The third-order valence-electron chi connectivity index (χ3n) is 2.46. The van der Waals surface area contributed by atoms with Gasteiger partial charge in [0.05, 0.1) is 0 Å². The number of benzene rings is 1. The Hall–Kier alpha value is -0.891. The molecule has 0 saturated heterocycles. The van der Waals surface area contributed by atoms with Crippen molar-refractivity contribution in [1.82, 2.24) is 4.98 Å². The first-order chi connectivity index (χ1) is 7.86. The monoisotopic (exact) mass is 337 g/mol. The molecule has 0 radical (unpaired) electrons. The predicted molar refractivity (Wildman–Crippen MR) is 71.8 cm³/mol. The van der Waals surface area contributed by atoms with Gasteiger partial charge in [0.2, 0.25) is 0 Å². The van der Waals surface area contributed by atoms with Crippen molar-refractivity contribution < 1.29 is 0 Å². The molecule has 0 unspecified atom stereocenters. The summed E-state index contributed by atoms with van der Waals surface area (Å²) in [6.45, 7) is 0. The van der Waals surface area contributed by atoms with Crippen LogP contribution in [0.1, 0.15) is 0 Å². The van der Waals surface area contributed by atoms with E-state index in [0.717, 1.165) is 0 Å². The van der Waals surface area contributed by atoms with E-state index in [-0.39, 0.29) is 0 Å². The fourth-order valence-corrected chi connectivity index (χ4v) is 5.26. The second-order valence-electron chi connectivity index (χ2n) is 3.48. The Labute approximate surface area is 108 Å². The van der Waals surface area contributed by atoms with Crippen LogP contribution < -0.4 is 0 Å². The van der Waals surface area contributed by atoms with Gasteiger partial charge in [-0.2, -0.15) is 0 Å². The Bertz CT molecular complexity index is 631. The summed E-state index contributed by atoms with van der Waals surface area (Å²) in [5, 5.41) is 1.33. The van der Waals surface area contributed by atoms with Gasteiger partial charge in [0.15, 0.2) is 0 Å². The molecule has 1 aromatic carbocycles. The molecule has 3 heteroatoms. The van der Waals surface area contributed by atoms with Crippen LogP contribution in [-0.4, -0.2) is 19.5 Å². The molecule has 0 N–H and O–H groups in total. The number of hydrogen-bond acceptors (Lipinski definition) is 1. The zero-order valence-electron chi connectivity index (χ0n) is 8.35. The molecule has 0 spiro atoms. The molecule has 0 fully saturated rings. The predicted octanol–water partition coefficient (Wildman–Crippen LogP) is 3.72. The molecule has 16 heavy (non-hydrogen) atoms. The molecule has 0 aliphatic rings. The Morgan fingerprint density at radius 3 is 2.69 bits per heavy atom. The molecular weight excluding hydrogens is 329 g/mol. The Morgan fingerprint density at radius 1 is 1.06 bits per heavy atom. The summed E-state index contributed by atoms with van der Waals surface area (Å²) in [6.07, 6.45) is 3.75. The van der Waals surface area contributed by atoms with Crippen LogP contribution in [0.4, 0.5) is 0 Å². The average Bonchev–Trinajstić information content (AvgIpc) is 2.69. The van der Waals surface area contributed by atoms with Crippen LogP contribution >= 0.6 is 15.9 Å². The second kappa shape index (κ2) is 4.17. The van der Waals surface area contributed by atoms with Crippen molar-refractivity contribution in [1.29, 1.82) is 0 Å². The summed E-state index contributed by atoms with van der Waals surface area (Å²) in [4.78, 5) is 4.18. The molecule has 0 bridgehead atoms. The van der Waals surface area contributed by atoms with E-state index in [1.54, 1.807) is 0 Å². The SMILES string of the molecule is Brc1c(-c2cccnc2)[se]c2ccccc12. The number of pyridine rings is 1. The molecule has 3 aromatic rings. The molecule has 0 aliphatic carbocycles. The van der Waals surface area contributed by atoms with Crippen molar-refractivity contribution in [2.24, 2.45) is 0 Å². The van der Waals surface area contributed by atoms with E-state index in [2.05, 4.69) is 51.2 Å². The minimum atomic E-state index is 0.387. The van der Waals surface area contributed by atoms with E-state index in [1.807, 2.05) is 18.5 Å². The first-order valence-corrected chi connectivity index (χ1v) is 7.44. The summed E-state index contributed by atoms with van der Waals surface area (Å²) in [6, 6.07) is 12.7. The number of fused-ring (bicyclic) bond motifs is 1. The van der Waals surface area contributed by atoms with Crippen molar-refractivity contribution in [3.63, 3.8) is 0 Å². The maximum atomic E-state index is 4.18. The van der Waals surface area contributed by atoms with Gasteiger partial charge >= 0.3 is 108 Å². The van der Waals surface area contributed by atoms with Crippen molar-refractivity contribution in [2.45, 2.75) is 0 Å². The number of rotatable bonds is 1. The van der Waals surface area contributed by atoms with Crippen LogP contribution in [-0.2, 0) is 0 Å². The second-order valence-corrected chi connectivity index (χ2v) is 6.48. The van der Waals surface area contributed by atoms with Gasteiger partial charge in [-0.25, -0.2) is 0 Å². The van der Waals surface area contributed by atoms with Crippen molar-refractivity contribution >= 4 is 40.1 Å². The van der Waals surface area contributed by atoms with Crippen LogP contribution in [0, 0.1) is 0 Å². The zero-order valence-corrected chi connectivity index (χ0v) is 11.7. The van der Waals surface area contributed by atoms with Gasteiger partial charge in [-0.15, -0.1) is 0 Å². The molecule has 1 nitrogen and oxygen atoms in total. The first kappa shape index (κ1) is 10.3. The maximum absolute atomic E-state index is 4.18. The van der Waals surface area contributed by atoms with Crippen molar-refractivity contribution in [3.05, 3.63) is 53.3 Å². The minimum absolute atomic E-state index is 0.387. The molecule has 0 saturated carbocycles. The van der Waals surface area contributed by atoms with Crippen LogP contribution in [0.2, 0.25) is 0 Å². The van der Waals surface area contributed by atoms with Gasteiger partial charge in [0, 0.05) is 0 Å². The van der Waals surface area contributed by atoms with E-state index in [4.69, 9.17) is 0 Å². The van der Waals surface area contributed by atoms with Crippen LogP contribution in [0.15, 0.2) is 53.3 Å². The Balaban J connectivity index is 2.29. The summed E-state index contributed by atoms with van der Waals surface area (Å²) >= 11 is 4.10. The molecule has 2 aromatic heterocycles. The van der Waals surface area contributed by atoms with E-state index in [1.165, 1.54) is 24.1 Å². The van der Waals surface area contributed by atoms with Crippen LogP contribution in [0.3, 0.4) is 0 Å². The van der Waals surface area contributed by atoms with Gasteiger partial charge in [-0.05, 0) is 0 Å². The van der Waals surface area contributed by atoms with E-state index >= 15 is 0 Å². The van der Waals surface area contributed by atoms with Crippen LogP contribution in [0.5, 0.6) is 0 Å². The van der Waals surface area contributed by atoms with E-state index in [9.17, 15) is 0 Å². The molecule has 3 rings (SSSR count). The molecular formula is C13H8BrNSe. The van der Waals surface area contributed by atoms with Crippen LogP contribution in [0.25, 0.3) is 19.6 Å². The van der Waals surface area contributed by atoms with Gasteiger partial charge in [0.25, 0.3) is 0 Å². The Kier molecular flexibility index (Phi) is 2.68. The Morgan fingerprint density at radius 2 is 1.94 bits per heavy atom. The number of halogens is 1. The third kappa shape index (κ3) is 1.65. The normalized spacial score (nSPS) is 10.8. The van der Waals surface area contributed by atoms with Crippen molar-refractivity contribution in [3.8, 4) is 10.0 Å². The summed E-state index contributed by atoms with van der Waals surface area (Å²) in [5.74, 6) is 0. The van der Waals surface area contributed by atoms with Gasteiger partial charge in [0.1, 0.15) is 0 Å². The molecule has 0 amide bonds. The van der Waals surface area contributed by atoms with Crippen molar-refractivity contribution in [2.75, 3.05) is 0 Å². The first-order valence-electron chi connectivity index (χ1n) is 4.93. The average molecular weight is 337 g/mol. The molecule has 0 atom stereocenters. The quantitative estimate of drug-likeness (QED) is 0.617. The topological polar surface area (TPSA) is 12.9 Å². The summed E-state index contributed by atoms with van der Waals surface area (Å²) in [7, 11) is 0. The van der Waals surface area contributed by atoms with Gasteiger partial charge < -0.3 is 0 Å². The third-order valence-corrected chi connectivity index (χ3v) is 6.43. The molecule has 2 heterocycles. The van der Waals surface area contributed by atoms with Gasteiger partial charge in [-0.1, -0.05) is 0 Å². The van der Waals surface area contributed by atoms with E-state index in [0.29, 0.717) is 14.5 Å². The van der Waals surface area contributed by atoms with E-state index < -0.39 is 0 Å². The number of aromatic nitrogens is 1.